The van der Waals surface area contributed by atoms with Gasteiger partial charge in [-0.25, -0.2) is 9.50 Å². The highest BCUT2D eigenvalue weighted by Crippen LogP contribution is 2.37. The average Bonchev–Trinajstić information content (AvgIpc) is 3.06. The van der Waals surface area contributed by atoms with Gasteiger partial charge in [0.15, 0.2) is 5.65 Å². The largest absolute Gasteiger partial charge is 0.395 e. The summed E-state index contributed by atoms with van der Waals surface area (Å²) in [6.07, 6.45) is 4.53. The Morgan fingerprint density at radius 3 is 2.67 bits per heavy atom. The fraction of sp³-hybridized carbons (Fsp3) is 0.474. The van der Waals surface area contributed by atoms with Gasteiger partial charge in [-0.1, -0.05) is 18.2 Å². The van der Waals surface area contributed by atoms with Crippen LogP contribution in [0.2, 0.25) is 0 Å². The van der Waals surface area contributed by atoms with Crippen molar-refractivity contribution >= 4 is 17.0 Å². The van der Waals surface area contributed by atoms with Gasteiger partial charge < -0.3 is 10.4 Å². The standard InChI is InChI=1S/C19H21F3N4O/c20-19(21,22)13-3-1-2-12(10-13)16-11-23-18-9-8-17(25-26(16)18)24-14-4-6-15(27)7-5-14/h1-3,8-9,11,13-15,27H,4-7,10H2,(H,24,25). The van der Waals surface area contributed by atoms with Crippen molar-refractivity contribution in [2.45, 2.75) is 50.4 Å². The molecule has 4 rings (SSSR count). The molecule has 144 valence electrons. The lowest BCUT2D eigenvalue weighted by atomic mass is 9.92. The molecule has 5 nitrogen and oxygen atoms in total. The molecular formula is C19H21F3N4O. The molecule has 2 aliphatic rings. The Balaban J connectivity index is 1.57. The first-order valence-electron chi connectivity index (χ1n) is 9.14. The minimum Gasteiger partial charge on any atom is -0.393 e. The quantitative estimate of drug-likeness (QED) is 0.849. The molecule has 1 unspecified atom stereocenters. The molecule has 0 aliphatic heterocycles. The smallest absolute Gasteiger partial charge is 0.393 e. The van der Waals surface area contributed by atoms with Crippen LogP contribution in [0.5, 0.6) is 0 Å². The highest BCUT2D eigenvalue weighted by atomic mass is 19.4. The van der Waals surface area contributed by atoms with E-state index in [2.05, 4.69) is 15.4 Å². The first-order valence-corrected chi connectivity index (χ1v) is 9.14. The number of rotatable bonds is 3. The van der Waals surface area contributed by atoms with Crippen molar-refractivity contribution in [3.05, 3.63) is 42.3 Å². The van der Waals surface area contributed by atoms with Crippen molar-refractivity contribution in [1.82, 2.24) is 14.6 Å². The molecule has 1 saturated carbocycles. The number of aliphatic hydroxyl groups excluding tert-OH is 1. The summed E-state index contributed by atoms with van der Waals surface area (Å²) in [7, 11) is 0. The number of aliphatic hydroxyl groups is 1. The van der Waals surface area contributed by atoms with Crippen LogP contribution in [0.1, 0.15) is 37.8 Å². The first kappa shape index (κ1) is 18.0. The number of anilines is 1. The summed E-state index contributed by atoms with van der Waals surface area (Å²) in [6.45, 7) is 0. The summed E-state index contributed by atoms with van der Waals surface area (Å²) in [5.41, 5.74) is 1.73. The van der Waals surface area contributed by atoms with Crippen LogP contribution < -0.4 is 5.32 Å². The molecule has 0 spiro atoms. The van der Waals surface area contributed by atoms with Gasteiger partial charge in [-0.3, -0.25) is 0 Å². The van der Waals surface area contributed by atoms with Gasteiger partial charge >= 0.3 is 6.18 Å². The van der Waals surface area contributed by atoms with Crippen molar-refractivity contribution in [2.24, 2.45) is 5.92 Å². The SMILES string of the molecule is OC1CCC(Nc2ccc3ncc(C4=CC=CC(C(F)(F)F)C4)n3n2)CC1. The normalized spacial score (nSPS) is 26.2. The predicted octanol–water partition coefficient (Wildman–Crippen LogP) is 3.97. The number of nitrogens with one attached hydrogen (secondary N) is 1. The molecule has 1 fully saturated rings. The first-order chi connectivity index (χ1) is 12.9. The number of halogens is 3. The van der Waals surface area contributed by atoms with Gasteiger partial charge in [0.25, 0.3) is 0 Å². The van der Waals surface area contributed by atoms with Crippen LogP contribution in [0.4, 0.5) is 19.0 Å². The molecule has 8 heteroatoms. The molecule has 27 heavy (non-hydrogen) atoms. The molecule has 2 aliphatic carbocycles. The maximum absolute atomic E-state index is 13.1. The molecule has 2 N–H and O–H groups in total. The molecule has 2 aromatic rings. The number of alkyl halides is 3. The highest BCUT2D eigenvalue weighted by molar-refractivity contribution is 5.68. The summed E-state index contributed by atoms with van der Waals surface area (Å²) in [6, 6.07) is 3.86. The molecule has 0 amide bonds. The van der Waals surface area contributed by atoms with E-state index in [1.165, 1.54) is 12.2 Å². The maximum atomic E-state index is 13.1. The van der Waals surface area contributed by atoms with Crippen molar-refractivity contribution < 1.29 is 18.3 Å². The molecule has 1 atom stereocenters. The average molecular weight is 378 g/mol. The van der Waals surface area contributed by atoms with Crippen LogP contribution in [0.3, 0.4) is 0 Å². The molecule has 2 aromatic heterocycles. The summed E-state index contributed by atoms with van der Waals surface area (Å²) >= 11 is 0. The summed E-state index contributed by atoms with van der Waals surface area (Å²) in [4.78, 5) is 4.27. The van der Waals surface area contributed by atoms with Gasteiger partial charge in [0.2, 0.25) is 0 Å². The number of nitrogens with zero attached hydrogens (tertiary/aromatic N) is 3. The second-order valence-corrected chi connectivity index (χ2v) is 7.21. The lowest BCUT2D eigenvalue weighted by Crippen LogP contribution is -2.28. The summed E-state index contributed by atoms with van der Waals surface area (Å²) in [5, 5.41) is 17.5. The molecule has 0 radical (unpaired) electrons. The van der Waals surface area contributed by atoms with Gasteiger partial charge in [0.05, 0.1) is 23.9 Å². The Kier molecular flexibility index (Phi) is 4.67. The number of allylic oxidation sites excluding steroid dienone is 4. The fourth-order valence-electron chi connectivity index (χ4n) is 3.69. The zero-order chi connectivity index (χ0) is 19.0. The number of fused-ring (bicyclic) bond motifs is 1. The van der Waals surface area contributed by atoms with E-state index in [1.54, 1.807) is 22.9 Å². The van der Waals surface area contributed by atoms with Gasteiger partial charge in [0.1, 0.15) is 5.82 Å². The van der Waals surface area contributed by atoms with E-state index < -0.39 is 12.1 Å². The molecular weight excluding hydrogens is 357 g/mol. The van der Waals surface area contributed by atoms with E-state index in [9.17, 15) is 18.3 Å². The van der Waals surface area contributed by atoms with Gasteiger partial charge in [-0.05, 0) is 49.8 Å². The molecule has 0 saturated heterocycles. The third kappa shape index (κ3) is 3.85. The Bertz CT molecular complexity index is 879. The lowest BCUT2D eigenvalue weighted by molar-refractivity contribution is -0.159. The van der Waals surface area contributed by atoms with Gasteiger partial charge in [0, 0.05) is 6.04 Å². The van der Waals surface area contributed by atoms with Crippen molar-refractivity contribution in [2.75, 3.05) is 5.32 Å². The van der Waals surface area contributed by atoms with Gasteiger partial charge in [-0.15, -0.1) is 5.10 Å². The van der Waals surface area contributed by atoms with E-state index >= 15 is 0 Å². The van der Waals surface area contributed by atoms with E-state index in [-0.39, 0.29) is 18.6 Å². The number of imidazole rings is 1. The minimum atomic E-state index is -4.26. The van der Waals surface area contributed by atoms with Crippen LogP contribution in [0.25, 0.3) is 11.2 Å². The minimum absolute atomic E-state index is 0.117. The van der Waals surface area contributed by atoms with E-state index in [4.69, 9.17) is 0 Å². The van der Waals surface area contributed by atoms with Crippen LogP contribution in [-0.4, -0.2) is 38.0 Å². The van der Waals surface area contributed by atoms with Crippen LogP contribution in [0, 0.1) is 5.92 Å². The Morgan fingerprint density at radius 2 is 1.93 bits per heavy atom. The number of aromatic nitrogens is 3. The zero-order valence-electron chi connectivity index (χ0n) is 14.7. The van der Waals surface area contributed by atoms with E-state index in [1.807, 2.05) is 6.07 Å². The third-order valence-corrected chi connectivity index (χ3v) is 5.24. The van der Waals surface area contributed by atoms with Crippen LogP contribution >= 0.6 is 0 Å². The topological polar surface area (TPSA) is 62.5 Å². The molecule has 0 aromatic carbocycles. The van der Waals surface area contributed by atoms with E-state index in [0.717, 1.165) is 25.7 Å². The number of hydrogen-bond donors (Lipinski definition) is 2. The van der Waals surface area contributed by atoms with Crippen molar-refractivity contribution in [1.29, 1.82) is 0 Å². The third-order valence-electron chi connectivity index (χ3n) is 5.24. The summed E-state index contributed by atoms with van der Waals surface area (Å²) < 4.78 is 40.8. The van der Waals surface area contributed by atoms with Crippen molar-refractivity contribution in [3.63, 3.8) is 0 Å². The Hall–Kier alpha value is -2.35. The summed E-state index contributed by atoms with van der Waals surface area (Å²) in [5.74, 6) is -0.833. The Morgan fingerprint density at radius 1 is 1.15 bits per heavy atom. The van der Waals surface area contributed by atoms with Crippen LogP contribution in [0.15, 0.2) is 36.6 Å². The predicted molar refractivity (Wildman–Crippen MR) is 96.2 cm³/mol. The lowest BCUT2D eigenvalue weighted by Gasteiger charge is -2.26. The number of hydrogen-bond acceptors (Lipinski definition) is 4. The second kappa shape index (κ2) is 6.99. The Labute approximate surface area is 154 Å². The van der Waals surface area contributed by atoms with Crippen LogP contribution in [-0.2, 0) is 0 Å². The van der Waals surface area contributed by atoms with Crippen molar-refractivity contribution in [3.8, 4) is 0 Å². The molecule has 0 bridgehead atoms. The zero-order valence-corrected chi connectivity index (χ0v) is 14.7. The monoisotopic (exact) mass is 378 g/mol. The van der Waals surface area contributed by atoms with E-state index in [0.29, 0.717) is 22.7 Å². The highest BCUT2D eigenvalue weighted by Gasteiger charge is 2.39. The second-order valence-electron chi connectivity index (χ2n) is 7.21. The molecule has 2 heterocycles. The fourth-order valence-corrected chi connectivity index (χ4v) is 3.69. The van der Waals surface area contributed by atoms with Gasteiger partial charge in [-0.2, -0.15) is 13.2 Å². The maximum Gasteiger partial charge on any atom is 0.395 e.